The van der Waals surface area contributed by atoms with Crippen LogP contribution >= 0.6 is 0 Å². The average molecular weight is 513 g/mol. The Morgan fingerprint density at radius 2 is 1.92 bits per heavy atom. The summed E-state index contributed by atoms with van der Waals surface area (Å²) in [6.45, 7) is 0.952. The monoisotopic (exact) mass is 512 g/mol. The second-order valence-electron chi connectivity index (χ2n) is 9.30. The number of imidazole rings is 1. The maximum atomic E-state index is 13.1. The molecular weight excluding hydrogens is 484 g/mol. The number of nitrogens with one attached hydrogen (secondary N) is 1. The van der Waals surface area contributed by atoms with E-state index in [0.717, 1.165) is 30.3 Å². The van der Waals surface area contributed by atoms with Crippen molar-refractivity contribution in [2.75, 3.05) is 30.9 Å². The van der Waals surface area contributed by atoms with Crippen LogP contribution < -0.4 is 10.5 Å². The topological polar surface area (TPSA) is 134 Å². The molecule has 1 saturated carbocycles. The third-order valence-corrected chi connectivity index (χ3v) is 7.87. The van der Waals surface area contributed by atoms with Crippen molar-refractivity contribution in [2.24, 2.45) is 4.99 Å². The molecular formula is C25H28N4O6S. The molecule has 11 heteroatoms. The SMILES string of the molecule is CS(=O)(=O)c1cccc(C(=O)/N=c2\[nH]c3cc(N4CCOCC4=O)ccc3n2[C@H]2CC[C@@H](O)CC2)c1. The summed E-state index contributed by atoms with van der Waals surface area (Å²) in [4.78, 5) is 34.8. The molecule has 2 N–H and O–H groups in total. The van der Waals surface area contributed by atoms with Crippen LogP contribution in [0.4, 0.5) is 5.69 Å². The number of amides is 2. The molecule has 1 aliphatic carbocycles. The van der Waals surface area contributed by atoms with Gasteiger partial charge in [-0.1, -0.05) is 6.07 Å². The third-order valence-electron chi connectivity index (χ3n) is 6.76. The lowest BCUT2D eigenvalue weighted by molar-refractivity contribution is -0.125. The number of carbonyl (C=O) groups excluding carboxylic acids is 2. The summed E-state index contributed by atoms with van der Waals surface area (Å²) < 4.78 is 31.1. The van der Waals surface area contributed by atoms with Crippen molar-refractivity contribution in [3.8, 4) is 0 Å². The summed E-state index contributed by atoms with van der Waals surface area (Å²) >= 11 is 0. The molecule has 190 valence electrons. The normalized spacial score (nSPS) is 21.8. The number of hydrogen-bond donors (Lipinski definition) is 2. The second kappa shape index (κ2) is 9.64. The van der Waals surface area contributed by atoms with Gasteiger partial charge in [-0.2, -0.15) is 4.99 Å². The fraction of sp³-hybridized carbons (Fsp3) is 0.400. The zero-order valence-corrected chi connectivity index (χ0v) is 20.7. The minimum Gasteiger partial charge on any atom is -0.393 e. The number of anilines is 1. The first kappa shape index (κ1) is 24.4. The van der Waals surface area contributed by atoms with E-state index in [0.29, 0.717) is 37.1 Å². The lowest BCUT2D eigenvalue weighted by Gasteiger charge is -2.28. The molecule has 10 nitrogen and oxygen atoms in total. The number of sulfone groups is 1. The maximum absolute atomic E-state index is 13.1. The van der Waals surface area contributed by atoms with Crippen molar-refractivity contribution in [2.45, 2.75) is 42.7 Å². The van der Waals surface area contributed by atoms with Crippen LogP contribution in [0, 0.1) is 0 Å². The number of rotatable bonds is 4. The number of nitrogens with zero attached hydrogens (tertiary/aromatic N) is 3. The predicted octanol–water partition coefficient (Wildman–Crippen LogP) is 1.95. The Morgan fingerprint density at radius 3 is 2.64 bits per heavy atom. The van der Waals surface area contributed by atoms with Crippen molar-refractivity contribution in [3.05, 3.63) is 53.6 Å². The number of morpholine rings is 1. The first-order chi connectivity index (χ1) is 17.2. The Balaban J connectivity index is 1.60. The first-order valence-corrected chi connectivity index (χ1v) is 13.8. The Kier molecular flexibility index (Phi) is 6.54. The Morgan fingerprint density at radius 1 is 1.14 bits per heavy atom. The predicted molar refractivity (Wildman–Crippen MR) is 132 cm³/mol. The molecule has 1 aliphatic heterocycles. The summed E-state index contributed by atoms with van der Waals surface area (Å²) in [7, 11) is -3.47. The molecule has 0 spiro atoms. The zero-order chi connectivity index (χ0) is 25.4. The number of benzene rings is 2. The van der Waals surface area contributed by atoms with Crippen LogP contribution in [-0.4, -0.2) is 67.0 Å². The van der Waals surface area contributed by atoms with Gasteiger partial charge in [-0.05, 0) is 62.1 Å². The van der Waals surface area contributed by atoms with E-state index in [1.54, 1.807) is 4.90 Å². The number of ether oxygens (including phenoxy) is 1. The highest BCUT2D eigenvalue weighted by Crippen LogP contribution is 2.31. The highest BCUT2D eigenvalue weighted by atomic mass is 32.2. The zero-order valence-electron chi connectivity index (χ0n) is 19.9. The van der Waals surface area contributed by atoms with Crippen LogP contribution in [-0.2, 0) is 19.4 Å². The summed E-state index contributed by atoms with van der Waals surface area (Å²) in [5.74, 6) is -0.688. The lowest BCUT2D eigenvalue weighted by Crippen LogP contribution is -2.41. The molecule has 1 aromatic heterocycles. The van der Waals surface area contributed by atoms with Gasteiger partial charge in [-0.15, -0.1) is 0 Å². The smallest absolute Gasteiger partial charge is 0.280 e. The molecule has 2 heterocycles. The van der Waals surface area contributed by atoms with Gasteiger partial charge >= 0.3 is 0 Å². The fourth-order valence-corrected chi connectivity index (χ4v) is 5.54. The van der Waals surface area contributed by atoms with E-state index in [2.05, 4.69) is 9.98 Å². The number of H-pyrrole nitrogens is 1. The van der Waals surface area contributed by atoms with E-state index in [9.17, 15) is 23.1 Å². The van der Waals surface area contributed by atoms with E-state index >= 15 is 0 Å². The number of hydrogen-bond acceptors (Lipinski definition) is 6. The van der Waals surface area contributed by atoms with Gasteiger partial charge in [0.05, 0.1) is 28.6 Å². The molecule has 5 rings (SSSR count). The van der Waals surface area contributed by atoms with Crippen molar-refractivity contribution < 1.29 is 27.9 Å². The van der Waals surface area contributed by atoms with E-state index in [1.807, 2.05) is 22.8 Å². The largest absolute Gasteiger partial charge is 0.393 e. The van der Waals surface area contributed by atoms with Crippen LogP contribution in [0.5, 0.6) is 0 Å². The molecule has 2 aromatic carbocycles. The van der Waals surface area contributed by atoms with Gasteiger partial charge in [0.1, 0.15) is 6.61 Å². The van der Waals surface area contributed by atoms with Gasteiger partial charge in [-0.3, -0.25) is 9.59 Å². The van der Waals surface area contributed by atoms with E-state index in [1.165, 1.54) is 24.3 Å². The molecule has 2 fully saturated rings. The maximum Gasteiger partial charge on any atom is 0.280 e. The van der Waals surface area contributed by atoms with Crippen LogP contribution in [0.2, 0.25) is 0 Å². The van der Waals surface area contributed by atoms with Gasteiger partial charge < -0.3 is 24.3 Å². The van der Waals surface area contributed by atoms with Gasteiger partial charge in [0.25, 0.3) is 11.8 Å². The van der Waals surface area contributed by atoms with Crippen molar-refractivity contribution in [1.29, 1.82) is 0 Å². The number of aromatic amines is 1. The van der Waals surface area contributed by atoms with Crippen LogP contribution in [0.1, 0.15) is 42.1 Å². The Labute approximate surface area is 208 Å². The Bertz CT molecular complexity index is 1500. The quantitative estimate of drug-likeness (QED) is 0.549. The van der Waals surface area contributed by atoms with Crippen molar-refractivity contribution >= 4 is 38.4 Å². The summed E-state index contributed by atoms with van der Waals surface area (Å²) in [5, 5.41) is 10.0. The number of aromatic nitrogens is 2. The highest BCUT2D eigenvalue weighted by molar-refractivity contribution is 7.90. The molecule has 0 atom stereocenters. The number of aliphatic hydroxyl groups excluding tert-OH is 1. The number of aliphatic hydroxyl groups is 1. The van der Waals surface area contributed by atoms with Crippen LogP contribution in [0.15, 0.2) is 52.4 Å². The number of carbonyl (C=O) groups is 2. The third kappa shape index (κ3) is 4.86. The molecule has 0 radical (unpaired) electrons. The lowest BCUT2D eigenvalue weighted by atomic mass is 9.93. The molecule has 36 heavy (non-hydrogen) atoms. The standard InChI is InChI=1S/C25H28N4O6S/c1-36(33,34)20-4-2-3-16(13-20)24(32)27-25-26-21-14-18(28-11-12-35-15-23(28)31)7-10-22(21)29(25)17-5-8-19(30)9-6-17/h2-4,7,10,13-14,17,19,30H,5-6,8-9,11-12,15H2,1H3,(H,26,27,32)/t17-,19+. The molecule has 3 aromatic rings. The summed E-state index contributed by atoms with van der Waals surface area (Å²) in [6, 6.07) is 11.5. The first-order valence-electron chi connectivity index (χ1n) is 11.9. The molecule has 2 aliphatic rings. The van der Waals surface area contributed by atoms with Gasteiger partial charge in [0.15, 0.2) is 9.84 Å². The molecule has 0 bridgehead atoms. The highest BCUT2D eigenvalue weighted by Gasteiger charge is 2.25. The van der Waals surface area contributed by atoms with Gasteiger partial charge in [0, 0.05) is 30.1 Å². The summed E-state index contributed by atoms with van der Waals surface area (Å²) in [6.07, 6.45) is 3.49. The number of fused-ring (bicyclic) bond motifs is 1. The summed E-state index contributed by atoms with van der Waals surface area (Å²) in [5.41, 5.74) is 2.78. The van der Waals surface area contributed by atoms with Crippen LogP contribution in [0.25, 0.3) is 11.0 Å². The molecule has 1 saturated heterocycles. The van der Waals surface area contributed by atoms with E-state index in [-0.39, 0.29) is 35.1 Å². The van der Waals surface area contributed by atoms with Gasteiger partial charge in [-0.25, -0.2) is 8.42 Å². The Hall–Kier alpha value is -3.28. The molecule has 2 amide bonds. The minimum atomic E-state index is -3.47. The van der Waals surface area contributed by atoms with E-state index in [4.69, 9.17) is 4.74 Å². The van der Waals surface area contributed by atoms with E-state index < -0.39 is 15.7 Å². The van der Waals surface area contributed by atoms with Crippen molar-refractivity contribution in [1.82, 2.24) is 9.55 Å². The van der Waals surface area contributed by atoms with Crippen LogP contribution in [0.3, 0.4) is 0 Å². The fourth-order valence-electron chi connectivity index (χ4n) is 4.88. The second-order valence-corrected chi connectivity index (χ2v) is 11.3. The minimum absolute atomic E-state index is 0.0203. The van der Waals surface area contributed by atoms with Crippen molar-refractivity contribution in [3.63, 3.8) is 0 Å². The van der Waals surface area contributed by atoms with Gasteiger partial charge in [0.2, 0.25) is 5.62 Å². The molecule has 0 unspecified atom stereocenters. The average Bonchev–Trinajstić information content (AvgIpc) is 3.21.